The molecule has 0 saturated carbocycles. The predicted molar refractivity (Wildman–Crippen MR) is 113 cm³/mol. The standard InChI is InChI=1S/C24H21NO4S/c1-15(2)22(16-8-4-3-5-9-16)25-24(27)17-12-13-19-21(14-17)30(28,29)20-11-7-6-10-18(20)23(19)26/h3-15,22H,1-2H3,(H,25,27)/t22-/m1/s1. The molecule has 0 spiro atoms. The number of ketones is 1. The second-order valence-electron chi connectivity index (χ2n) is 7.65. The highest BCUT2D eigenvalue weighted by Gasteiger charge is 2.35. The molecule has 0 bridgehead atoms. The Morgan fingerprint density at radius 1 is 0.833 bits per heavy atom. The summed E-state index contributed by atoms with van der Waals surface area (Å²) in [6, 6.07) is 19.7. The maximum Gasteiger partial charge on any atom is 0.251 e. The van der Waals surface area contributed by atoms with Crippen LogP contribution in [0.1, 0.15) is 51.7 Å². The average Bonchev–Trinajstić information content (AvgIpc) is 2.76. The number of amides is 1. The highest BCUT2D eigenvalue weighted by molar-refractivity contribution is 7.91. The molecule has 0 aromatic heterocycles. The van der Waals surface area contributed by atoms with Crippen molar-refractivity contribution in [2.75, 3.05) is 0 Å². The smallest absolute Gasteiger partial charge is 0.251 e. The molecule has 1 N–H and O–H groups in total. The molecule has 0 aliphatic carbocycles. The number of hydrogen-bond acceptors (Lipinski definition) is 4. The van der Waals surface area contributed by atoms with E-state index in [1.54, 1.807) is 12.1 Å². The number of carbonyl (C=O) groups excluding carboxylic acids is 2. The van der Waals surface area contributed by atoms with Gasteiger partial charge in [-0.25, -0.2) is 8.42 Å². The Balaban J connectivity index is 1.72. The molecule has 1 aliphatic rings. The van der Waals surface area contributed by atoms with E-state index >= 15 is 0 Å². The van der Waals surface area contributed by atoms with E-state index < -0.39 is 9.84 Å². The van der Waals surface area contributed by atoms with Crippen LogP contribution in [0, 0.1) is 5.92 Å². The van der Waals surface area contributed by atoms with E-state index in [4.69, 9.17) is 0 Å². The summed E-state index contributed by atoms with van der Waals surface area (Å²) < 4.78 is 26.2. The van der Waals surface area contributed by atoms with Crippen LogP contribution >= 0.6 is 0 Å². The molecule has 152 valence electrons. The molecule has 3 aromatic rings. The van der Waals surface area contributed by atoms with E-state index in [9.17, 15) is 18.0 Å². The van der Waals surface area contributed by atoms with Crippen LogP contribution in [0.2, 0.25) is 0 Å². The molecule has 6 heteroatoms. The molecular formula is C24H21NO4S. The van der Waals surface area contributed by atoms with E-state index in [0.29, 0.717) is 0 Å². The first-order valence-electron chi connectivity index (χ1n) is 9.69. The SMILES string of the molecule is CC(C)[C@@H](NC(=O)c1ccc2c(c1)S(=O)(=O)c1ccccc1C2=O)c1ccccc1. The number of carbonyl (C=O) groups is 2. The van der Waals surface area contributed by atoms with Crippen LogP contribution in [0.4, 0.5) is 0 Å². The van der Waals surface area contributed by atoms with Gasteiger partial charge in [0.25, 0.3) is 5.91 Å². The zero-order valence-electron chi connectivity index (χ0n) is 16.6. The van der Waals surface area contributed by atoms with E-state index in [-0.39, 0.29) is 50.1 Å². The van der Waals surface area contributed by atoms with Crippen molar-refractivity contribution in [2.24, 2.45) is 5.92 Å². The minimum absolute atomic E-state index is 0.0237. The van der Waals surface area contributed by atoms with Crippen molar-refractivity contribution in [3.8, 4) is 0 Å². The summed E-state index contributed by atoms with van der Waals surface area (Å²) in [4.78, 5) is 25.6. The van der Waals surface area contributed by atoms with Gasteiger partial charge in [-0.05, 0) is 41.8 Å². The van der Waals surface area contributed by atoms with Crippen LogP contribution < -0.4 is 5.32 Å². The van der Waals surface area contributed by atoms with Crippen molar-refractivity contribution in [1.29, 1.82) is 0 Å². The lowest BCUT2D eigenvalue weighted by atomic mass is 9.95. The van der Waals surface area contributed by atoms with E-state index in [0.717, 1.165) is 5.56 Å². The Morgan fingerprint density at radius 3 is 2.17 bits per heavy atom. The minimum atomic E-state index is -3.89. The van der Waals surface area contributed by atoms with E-state index in [1.165, 1.54) is 30.3 Å². The van der Waals surface area contributed by atoms with Gasteiger partial charge in [0.1, 0.15) is 0 Å². The summed E-state index contributed by atoms with van der Waals surface area (Å²) in [6.45, 7) is 4.01. The van der Waals surface area contributed by atoms with Gasteiger partial charge in [0.2, 0.25) is 9.84 Å². The van der Waals surface area contributed by atoms with Gasteiger partial charge in [-0.2, -0.15) is 0 Å². The Kier molecular flexibility index (Phi) is 5.03. The number of nitrogens with one attached hydrogen (secondary N) is 1. The summed E-state index contributed by atoms with van der Waals surface area (Å²) in [5.74, 6) is -0.611. The zero-order valence-corrected chi connectivity index (χ0v) is 17.4. The number of fused-ring (bicyclic) bond motifs is 2. The van der Waals surface area contributed by atoms with E-state index in [1.807, 2.05) is 44.2 Å². The van der Waals surface area contributed by atoms with Gasteiger partial charge in [-0.3, -0.25) is 9.59 Å². The molecule has 3 aromatic carbocycles. The lowest BCUT2D eigenvalue weighted by Gasteiger charge is -2.24. The second kappa shape index (κ2) is 7.54. The summed E-state index contributed by atoms with van der Waals surface area (Å²) in [5, 5.41) is 2.99. The third kappa shape index (κ3) is 3.33. The largest absolute Gasteiger partial charge is 0.345 e. The van der Waals surface area contributed by atoms with Crippen molar-refractivity contribution < 1.29 is 18.0 Å². The first-order valence-corrected chi connectivity index (χ1v) is 11.2. The van der Waals surface area contributed by atoms with Gasteiger partial charge in [0.15, 0.2) is 5.78 Å². The lowest BCUT2D eigenvalue weighted by molar-refractivity contribution is 0.0924. The van der Waals surface area contributed by atoms with Gasteiger partial charge < -0.3 is 5.32 Å². The molecule has 1 heterocycles. The highest BCUT2D eigenvalue weighted by atomic mass is 32.2. The van der Waals surface area contributed by atoms with Gasteiger partial charge in [0, 0.05) is 16.7 Å². The molecule has 4 rings (SSSR count). The van der Waals surface area contributed by atoms with E-state index in [2.05, 4.69) is 5.32 Å². The Bertz CT molecular complexity index is 1250. The molecular weight excluding hydrogens is 398 g/mol. The van der Waals surface area contributed by atoms with Crippen molar-refractivity contribution >= 4 is 21.5 Å². The molecule has 1 amide bonds. The first-order chi connectivity index (χ1) is 14.3. The minimum Gasteiger partial charge on any atom is -0.345 e. The van der Waals surface area contributed by atoms with Crippen molar-refractivity contribution in [3.05, 3.63) is 95.1 Å². The number of hydrogen-bond donors (Lipinski definition) is 1. The number of rotatable bonds is 4. The first kappa shape index (κ1) is 20.0. The topological polar surface area (TPSA) is 80.3 Å². The Hall–Kier alpha value is -3.25. The van der Waals surface area contributed by atoms with Crippen LogP contribution in [0.15, 0.2) is 82.6 Å². The summed E-state index contributed by atoms with van der Waals surface area (Å²) in [7, 11) is -3.89. The normalized spacial score (nSPS) is 15.2. The van der Waals surface area contributed by atoms with Gasteiger partial charge in [-0.15, -0.1) is 0 Å². The van der Waals surface area contributed by atoms with Gasteiger partial charge in [-0.1, -0.05) is 56.3 Å². The van der Waals surface area contributed by atoms with Crippen LogP contribution in [0.25, 0.3) is 0 Å². The lowest BCUT2D eigenvalue weighted by Crippen LogP contribution is -2.32. The van der Waals surface area contributed by atoms with Crippen LogP contribution in [-0.4, -0.2) is 20.1 Å². The molecule has 5 nitrogen and oxygen atoms in total. The average molecular weight is 420 g/mol. The van der Waals surface area contributed by atoms with Gasteiger partial charge in [0.05, 0.1) is 15.8 Å². The quantitative estimate of drug-likeness (QED) is 0.538. The second-order valence-corrected chi connectivity index (χ2v) is 9.53. The third-order valence-corrected chi connectivity index (χ3v) is 7.16. The number of sulfone groups is 1. The molecule has 0 radical (unpaired) electrons. The van der Waals surface area contributed by atoms with Crippen LogP contribution in [-0.2, 0) is 9.84 Å². The fourth-order valence-corrected chi connectivity index (χ4v) is 5.42. The fourth-order valence-electron chi connectivity index (χ4n) is 3.75. The van der Waals surface area contributed by atoms with Crippen molar-refractivity contribution in [1.82, 2.24) is 5.32 Å². The van der Waals surface area contributed by atoms with Crippen LogP contribution in [0.3, 0.4) is 0 Å². The Labute approximate surface area is 175 Å². The molecule has 0 saturated heterocycles. The fraction of sp³-hybridized carbons (Fsp3) is 0.167. The zero-order chi connectivity index (χ0) is 21.5. The summed E-state index contributed by atoms with van der Waals surface area (Å²) in [6.07, 6.45) is 0. The van der Waals surface area contributed by atoms with Gasteiger partial charge >= 0.3 is 0 Å². The predicted octanol–water partition coefficient (Wildman–Crippen LogP) is 4.19. The van der Waals surface area contributed by atoms with Crippen LogP contribution in [0.5, 0.6) is 0 Å². The number of benzene rings is 3. The van der Waals surface area contributed by atoms with Crippen molar-refractivity contribution in [3.63, 3.8) is 0 Å². The maximum absolute atomic E-state index is 13.1. The molecule has 30 heavy (non-hydrogen) atoms. The third-order valence-electron chi connectivity index (χ3n) is 5.31. The molecule has 0 unspecified atom stereocenters. The molecule has 1 atom stereocenters. The summed E-state index contributed by atoms with van der Waals surface area (Å²) in [5.41, 5.74) is 1.42. The van der Waals surface area contributed by atoms with Crippen molar-refractivity contribution in [2.45, 2.75) is 29.7 Å². The Morgan fingerprint density at radius 2 is 1.47 bits per heavy atom. The molecule has 1 aliphatic heterocycles. The summed E-state index contributed by atoms with van der Waals surface area (Å²) >= 11 is 0. The highest BCUT2D eigenvalue weighted by Crippen LogP contribution is 2.35. The monoisotopic (exact) mass is 419 g/mol. The molecule has 0 fully saturated rings. The maximum atomic E-state index is 13.1.